The second-order valence-electron chi connectivity index (χ2n) is 5.87. The minimum atomic E-state index is -0.448. The van der Waals surface area contributed by atoms with E-state index in [1.54, 1.807) is 44.0 Å². The number of amides is 1. The van der Waals surface area contributed by atoms with Gasteiger partial charge in [-0.3, -0.25) is 9.59 Å². The molecule has 26 heavy (non-hydrogen) atoms. The Morgan fingerprint density at radius 1 is 1.31 bits per heavy atom. The lowest BCUT2D eigenvalue weighted by Crippen LogP contribution is -2.33. The predicted molar refractivity (Wildman–Crippen MR) is 101 cm³/mol. The number of rotatable bonds is 5. The van der Waals surface area contributed by atoms with E-state index in [1.165, 1.54) is 11.8 Å². The Morgan fingerprint density at radius 3 is 2.73 bits per heavy atom. The monoisotopic (exact) mass is 375 g/mol. The number of benzene rings is 1. The van der Waals surface area contributed by atoms with E-state index in [4.69, 9.17) is 9.47 Å². The van der Waals surface area contributed by atoms with E-state index in [0.717, 1.165) is 11.3 Å². The van der Waals surface area contributed by atoms with Gasteiger partial charge < -0.3 is 19.4 Å². The number of thioether (sulfide) groups is 1. The van der Waals surface area contributed by atoms with E-state index < -0.39 is 5.92 Å². The summed E-state index contributed by atoms with van der Waals surface area (Å²) in [6.45, 7) is 1.98. The molecule has 1 aliphatic rings. The van der Waals surface area contributed by atoms with Crippen molar-refractivity contribution in [1.82, 2.24) is 9.55 Å². The van der Waals surface area contributed by atoms with Gasteiger partial charge in [-0.1, -0.05) is 18.7 Å². The summed E-state index contributed by atoms with van der Waals surface area (Å²) in [7, 11) is 4.93. The van der Waals surface area contributed by atoms with Crippen molar-refractivity contribution in [2.24, 2.45) is 7.05 Å². The molecule has 0 radical (unpaired) electrons. The van der Waals surface area contributed by atoms with E-state index in [2.05, 4.69) is 10.3 Å². The maximum Gasteiger partial charge on any atom is 0.279 e. The van der Waals surface area contributed by atoms with Crippen molar-refractivity contribution < 1.29 is 14.3 Å². The number of hydrogen-bond donors (Lipinski definition) is 1. The summed E-state index contributed by atoms with van der Waals surface area (Å²) in [5.41, 5.74) is 0.876. The minimum absolute atomic E-state index is 0.147. The van der Waals surface area contributed by atoms with E-state index in [1.807, 2.05) is 6.92 Å². The molecule has 0 bridgehead atoms. The molecule has 8 heteroatoms. The lowest BCUT2D eigenvalue weighted by molar-refractivity contribution is -0.116. The van der Waals surface area contributed by atoms with Crippen LogP contribution in [-0.2, 0) is 11.8 Å². The molecular formula is C18H21N3O4S. The quantitative estimate of drug-likeness (QED) is 0.638. The van der Waals surface area contributed by atoms with Crippen molar-refractivity contribution in [1.29, 1.82) is 0 Å². The number of carbonyl (C=O) groups excluding carboxylic acids is 1. The van der Waals surface area contributed by atoms with E-state index in [-0.39, 0.29) is 17.9 Å². The average molecular weight is 375 g/mol. The highest BCUT2D eigenvalue weighted by atomic mass is 32.2. The number of aromatic nitrogens is 2. The molecule has 1 aliphatic heterocycles. The third-order valence-electron chi connectivity index (χ3n) is 4.39. The van der Waals surface area contributed by atoms with E-state index in [0.29, 0.717) is 28.0 Å². The highest BCUT2D eigenvalue weighted by Crippen LogP contribution is 2.40. The lowest BCUT2D eigenvalue weighted by Gasteiger charge is -2.28. The molecule has 0 aliphatic carbocycles. The fourth-order valence-corrected chi connectivity index (χ4v) is 3.86. The van der Waals surface area contributed by atoms with Crippen LogP contribution in [0.5, 0.6) is 11.5 Å². The molecule has 1 aromatic heterocycles. The normalized spacial score (nSPS) is 16.0. The van der Waals surface area contributed by atoms with Gasteiger partial charge in [-0.25, -0.2) is 0 Å². The molecule has 7 nitrogen and oxygen atoms in total. The highest BCUT2D eigenvalue weighted by Gasteiger charge is 2.33. The molecule has 2 heterocycles. The fraction of sp³-hybridized carbons (Fsp3) is 0.389. The number of hydrogen-bond acceptors (Lipinski definition) is 6. The molecule has 0 fully saturated rings. The van der Waals surface area contributed by atoms with E-state index >= 15 is 0 Å². The second kappa shape index (κ2) is 7.41. The van der Waals surface area contributed by atoms with Crippen LogP contribution in [0.2, 0.25) is 0 Å². The van der Waals surface area contributed by atoms with Gasteiger partial charge in [0.05, 0.1) is 19.8 Å². The SMILES string of the molecule is CCSc1nc(=O)c2c(n1C)NC(=O)CC2c1cc(OC)ccc1OC. The predicted octanol–water partition coefficient (Wildman–Crippen LogP) is 2.38. The van der Waals surface area contributed by atoms with Crippen LogP contribution in [0.3, 0.4) is 0 Å². The molecule has 1 aromatic carbocycles. The van der Waals surface area contributed by atoms with Crippen LogP contribution in [0, 0.1) is 0 Å². The molecule has 1 atom stereocenters. The molecule has 2 aromatic rings. The molecule has 1 unspecified atom stereocenters. The van der Waals surface area contributed by atoms with E-state index in [9.17, 15) is 9.59 Å². The molecule has 0 spiro atoms. The maximum absolute atomic E-state index is 12.8. The second-order valence-corrected chi connectivity index (χ2v) is 7.10. The van der Waals surface area contributed by atoms with Gasteiger partial charge in [0.15, 0.2) is 5.16 Å². The summed E-state index contributed by atoms with van der Waals surface area (Å²) >= 11 is 1.46. The molecular weight excluding hydrogens is 354 g/mol. The highest BCUT2D eigenvalue weighted by molar-refractivity contribution is 7.99. The van der Waals surface area contributed by atoms with Gasteiger partial charge in [-0.05, 0) is 24.0 Å². The van der Waals surface area contributed by atoms with Gasteiger partial charge in [0.1, 0.15) is 17.3 Å². The van der Waals surface area contributed by atoms with Crippen LogP contribution in [0.15, 0.2) is 28.2 Å². The number of nitrogens with zero attached hydrogens (tertiary/aromatic N) is 2. The fourth-order valence-electron chi connectivity index (χ4n) is 3.17. The number of nitrogens with one attached hydrogen (secondary N) is 1. The van der Waals surface area contributed by atoms with Gasteiger partial charge in [-0.15, -0.1) is 0 Å². The van der Waals surface area contributed by atoms with Crippen LogP contribution in [0.4, 0.5) is 5.82 Å². The zero-order chi connectivity index (χ0) is 18.8. The molecule has 0 saturated heterocycles. The Kier molecular flexibility index (Phi) is 5.22. The number of anilines is 1. The summed E-state index contributed by atoms with van der Waals surface area (Å²) in [6, 6.07) is 5.36. The first kappa shape index (κ1) is 18.3. The van der Waals surface area contributed by atoms with Gasteiger partial charge >= 0.3 is 0 Å². The van der Waals surface area contributed by atoms with Crippen LogP contribution >= 0.6 is 11.8 Å². The Labute approximate surface area is 155 Å². The van der Waals surface area contributed by atoms with Crippen LogP contribution in [0.1, 0.15) is 30.4 Å². The standard InChI is InChI=1S/C18H21N3O4S/c1-5-26-18-20-17(23)15-12(9-14(22)19-16(15)21(18)2)11-8-10(24-3)6-7-13(11)25-4/h6-8,12H,5,9H2,1-4H3,(H,19,22). The van der Waals surface area contributed by atoms with Gasteiger partial charge in [0.25, 0.3) is 5.56 Å². The van der Waals surface area contributed by atoms with Gasteiger partial charge in [-0.2, -0.15) is 4.98 Å². The Bertz CT molecular complexity index is 910. The summed E-state index contributed by atoms with van der Waals surface area (Å²) < 4.78 is 12.5. The average Bonchev–Trinajstić information content (AvgIpc) is 2.64. The molecule has 1 N–H and O–H groups in total. The van der Waals surface area contributed by atoms with Crippen LogP contribution in [-0.4, -0.2) is 35.4 Å². The van der Waals surface area contributed by atoms with Gasteiger partial charge in [0, 0.05) is 24.9 Å². The van der Waals surface area contributed by atoms with Crippen molar-refractivity contribution in [2.45, 2.75) is 24.4 Å². The summed E-state index contributed by atoms with van der Waals surface area (Å²) in [6.07, 6.45) is 0.147. The topological polar surface area (TPSA) is 82.5 Å². The van der Waals surface area contributed by atoms with Gasteiger partial charge in [0.2, 0.25) is 5.91 Å². The van der Waals surface area contributed by atoms with Crippen LogP contribution in [0.25, 0.3) is 0 Å². The number of carbonyl (C=O) groups is 1. The third kappa shape index (κ3) is 3.16. The van der Waals surface area contributed by atoms with Crippen molar-refractivity contribution in [3.8, 4) is 11.5 Å². The number of fused-ring (bicyclic) bond motifs is 1. The Balaban J connectivity index is 2.23. The summed E-state index contributed by atoms with van der Waals surface area (Å²) in [4.78, 5) is 29.4. The lowest BCUT2D eigenvalue weighted by atomic mass is 9.86. The molecule has 0 saturated carbocycles. The van der Waals surface area contributed by atoms with Crippen molar-refractivity contribution in [2.75, 3.05) is 25.3 Å². The first-order chi connectivity index (χ1) is 12.5. The first-order valence-electron chi connectivity index (χ1n) is 8.25. The Morgan fingerprint density at radius 2 is 2.08 bits per heavy atom. The Hall–Kier alpha value is -2.48. The third-order valence-corrected chi connectivity index (χ3v) is 5.30. The molecule has 138 valence electrons. The number of methoxy groups -OCH3 is 2. The summed E-state index contributed by atoms with van der Waals surface area (Å²) in [5, 5.41) is 3.41. The van der Waals surface area contributed by atoms with Crippen LogP contribution < -0.4 is 20.3 Å². The summed E-state index contributed by atoms with van der Waals surface area (Å²) in [5.74, 6) is 1.91. The molecule has 1 amide bonds. The van der Waals surface area contributed by atoms with Crippen molar-refractivity contribution in [3.05, 3.63) is 39.7 Å². The minimum Gasteiger partial charge on any atom is -0.497 e. The largest absolute Gasteiger partial charge is 0.497 e. The van der Waals surface area contributed by atoms with Crippen molar-refractivity contribution in [3.63, 3.8) is 0 Å². The number of ether oxygens (including phenoxy) is 2. The maximum atomic E-state index is 12.8. The smallest absolute Gasteiger partial charge is 0.279 e. The first-order valence-corrected chi connectivity index (χ1v) is 9.24. The zero-order valence-corrected chi connectivity index (χ0v) is 16.0. The zero-order valence-electron chi connectivity index (χ0n) is 15.2. The molecule has 3 rings (SSSR count). The van der Waals surface area contributed by atoms with Crippen molar-refractivity contribution >= 4 is 23.5 Å².